The zero-order valence-electron chi connectivity index (χ0n) is 41.3. The molecule has 1 aliphatic carbocycles. The number of benzene rings is 5. The number of rotatable bonds is 16. The number of pyridine rings is 1. The Bertz CT molecular complexity index is 2630. The molecule has 6 aromatic rings. The second-order valence-electron chi connectivity index (χ2n) is 21.3. The maximum atomic E-state index is 4.96. The minimum absolute atomic E-state index is 0.0393. The van der Waals surface area contributed by atoms with Crippen molar-refractivity contribution in [1.82, 2.24) is 0 Å². The van der Waals surface area contributed by atoms with Crippen LogP contribution in [0.4, 0.5) is 17.1 Å². The summed E-state index contributed by atoms with van der Waals surface area (Å²) in [4.78, 5) is 2.35. The Balaban J connectivity index is 1.21. The summed E-state index contributed by atoms with van der Waals surface area (Å²) in [6, 6.07) is 47.4. The van der Waals surface area contributed by atoms with E-state index in [4.69, 9.17) is 6.58 Å². The van der Waals surface area contributed by atoms with E-state index >= 15 is 0 Å². The Hall–Kier alpha value is -5.71. The molecule has 5 aromatic carbocycles. The van der Waals surface area contributed by atoms with Crippen molar-refractivity contribution < 1.29 is 4.57 Å². The lowest BCUT2D eigenvalue weighted by atomic mass is 9.77. The summed E-state index contributed by atoms with van der Waals surface area (Å²) in [6.07, 6.45) is 17.6. The number of fused-ring (bicyclic) bond motifs is 3. The van der Waals surface area contributed by atoms with Gasteiger partial charge in [-0.2, -0.15) is 4.57 Å². The minimum atomic E-state index is -1.72. The first-order chi connectivity index (χ1) is 31.7. The predicted molar refractivity (Wildman–Crippen MR) is 288 cm³/mol. The highest BCUT2D eigenvalue weighted by Crippen LogP contribution is 2.47. The zero-order chi connectivity index (χ0) is 46.6. The van der Waals surface area contributed by atoms with E-state index in [1.165, 1.54) is 82.3 Å². The summed E-state index contributed by atoms with van der Waals surface area (Å²) in [6.45, 7) is 26.2. The van der Waals surface area contributed by atoms with Gasteiger partial charge in [-0.15, -0.1) is 0 Å². The van der Waals surface area contributed by atoms with Gasteiger partial charge in [0.25, 0.3) is 0 Å². The molecule has 2 aliphatic rings. The first kappa shape index (κ1) is 46.8. The standard InChI is InChI=1S/C62H74N3Si/c1-11-12-25-44(2)36-37-53-51-32-21-22-33-52(51)59-40-49(39-46-26-19-20-27-46)60(66(8,9)10)43-65(59)58(53)38-45(3)64(7)57-35-24-23-34-56(57)63-61-54(47-28-15-13-16-29-47)41-50(62(4,5)6)42-55(61)48-30-17-14-18-31-48/h12-18,21-25,28-35,40-43,46,53,58,63H,2-3,11,19-20,26-27,36-39H2,1,4-10H3/q+1/b25-12-. The van der Waals surface area contributed by atoms with Crippen LogP contribution in [-0.4, -0.2) is 15.1 Å². The molecule has 2 heterocycles. The van der Waals surface area contributed by atoms with E-state index in [-0.39, 0.29) is 11.5 Å². The monoisotopic (exact) mass is 889 g/mol. The van der Waals surface area contributed by atoms with Crippen molar-refractivity contribution in [2.45, 2.75) is 122 Å². The number of allylic oxidation sites excluding steroid dienone is 4. The molecule has 340 valence electrons. The van der Waals surface area contributed by atoms with Gasteiger partial charge in [0.05, 0.1) is 31.6 Å². The van der Waals surface area contributed by atoms with Crippen LogP contribution in [-0.2, 0) is 11.8 Å². The molecule has 2 atom stereocenters. The van der Waals surface area contributed by atoms with Crippen LogP contribution in [0.15, 0.2) is 170 Å². The smallest absolute Gasteiger partial charge is 0.213 e. The number of anilines is 3. The van der Waals surface area contributed by atoms with Gasteiger partial charge in [-0.05, 0) is 95.2 Å². The highest BCUT2D eigenvalue weighted by Gasteiger charge is 2.42. The number of nitrogens with one attached hydrogen (secondary N) is 1. The van der Waals surface area contributed by atoms with Crippen LogP contribution >= 0.6 is 0 Å². The maximum Gasteiger partial charge on any atom is 0.213 e. The van der Waals surface area contributed by atoms with E-state index < -0.39 is 8.07 Å². The van der Waals surface area contributed by atoms with Gasteiger partial charge in [-0.3, -0.25) is 0 Å². The molecule has 0 saturated heterocycles. The quantitative estimate of drug-likeness (QED) is 0.0593. The molecule has 1 aliphatic heterocycles. The Morgan fingerprint density at radius 3 is 2.02 bits per heavy atom. The van der Waals surface area contributed by atoms with Crippen LogP contribution in [0.2, 0.25) is 19.6 Å². The molecule has 2 unspecified atom stereocenters. The lowest BCUT2D eigenvalue weighted by Gasteiger charge is -2.35. The summed E-state index contributed by atoms with van der Waals surface area (Å²) in [7, 11) is 0.496. The molecule has 3 nitrogen and oxygen atoms in total. The van der Waals surface area contributed by atoms with Gasteiger partial charge < -0.3 is 10.2 Å². The van der Waals surface area contributed by atoms with Gasteiger partial charge in [0, 0.05) is 46.6 Å². The van der Waals surface area contributed by atoms with Crippen LogP contribution < -0.4 is 20.0 Å². The fourth-order valence-corrected chi connectivity index (χ4v) is 12.3. The fraction of sp³-hybridized carbons (Fsp3) is 0.339. The van der Waals surface area contributed by atoms with E-state index in [1.54, 1.807) is 10.8 Å². The van der Waals surface area contributed by atoms with E-state index in [0.29, 0.717) is 5.92 Å². The molecule has 1 fully saturated rings. The topological polar surface area (TPSA) is 19.1 Å². The van der Waals surface area contributed by atoms with Crippen LogP contribution in [0, 0.1) is 5.92 Å². The normalized spacial score (nSPS) is 16.2. The first-order valence-corrected chi connectivity index (χ1v) is 28.3. The largest absolute Gasteiger partial charge is 0.353 e. The highest BCUT2D eigenvalue weighted by molar-refractivity contribution is 6.89. The molecule has 4 heteroatoms. The Kier molecular flexibility index (Phi) is 14.2. The Morgan fingerprint density at radius 2 is 1.39 bits per heavy atom. The van der Waals surface area contributed by atoms with E-state index in [1.807, 2.05) is 0 Å². The second-order valence-corrected chi connectivity index (χ2v) is 26.3. The first-order valence-electron chi connectivity index (χ1n) is 24.8. The number of para-hydroxylation sites is 2. The van der Waals surface area contributed by atoms with Gasteiger partial charge >= 0.3 is 0 Å². The molecular formula is C62H74N3Si+. The van der Waals surface area contributed by atoms with Crippen molar-refractivity contribution in [3.05, 3.63) is 187 Å². The van der Waals surface area contributed by atoms with Gasteiger partial charge in [0.1, 0.15) is 0 Å². The van der Waals surface area contributed by atoms with Crippen LogP contribution in [0.5, 0.6) is 0 Å². The van der Waals surface area contributed by atoms with Crippen molar-refractivity contribution in [2.75, 3.05) is 17.3 Å². The molecule has 1 aromatic heterocycles. The molecule has 0 radical (unpaired) electrons. The number of aromatic nitrogens is 1. The van der Waals surface area contributed by atoms with Crippen LogP contribution in [0.25, 0.3) is 33.5 Å². The average Bonchev–Trinajstić information content (AvgIpc) is 3.83. The van der Waals surface area contributed by atoms with Gasteiger partial charge in [0.15, 0.2) is 12.2 Å². The zero-order valence-corrected chi connectivity index (χ0v) is 42.3. The summed E-state index contributed by atoms with van der Waals surface area (Å²) in [5, 5.41) is 5.69. The molecule has 0 spiro atoms. The van der Waals surface area contributed by atoms with Crippen molar-refractivity contribution in [3.8, 4) is 33.5 Å². The highest BCUT2D eigenvalue weighted by atomic mass is 28.3. The van der Waals surface area contributed by atoms with Crippen molar-refractivity contribution in [3.63, 3.8) is 0 Å². The summed E-state index contributed by atoms with van der Waals surface area (Å²) < 4.78 is 2.71. The Labute approximate surface area is 399 Å². The third kappa shape index (κ3) is 10.3. The van der Waals surface area contributed by atoms with Crippen molar-refractivity contribution in [1.29, 1.82) is 0 Å². The summed E-state index contributed by atoms with van der Waals surface area (Å²) >= 11 is 0. The SMILES string of the molecule is C=C(/C=C\CC)CCC1c2ccccc2-c2cc(CC3CCCC3)c([Si](C)(C)C)c[n+]2C1CC(=C)N(C)c1ccccc1Nc1c(-c2ccccc2)cc(C(C)(C)C)cc1-c1ccccc1. The number of hydrogen-bond acceptors (Lipinski definition) is 2. The average molecular weight is 889 g/mol. The molecule has 0 bridgehead atoms. The molecule has 66 heavy (non-hydrogen) atoms. The van der Waals surface area contributed by atoms with E-state index in [2.05, 4.69) is 221 Å². The summed E-state index contributed by atoms with van der Waals surface area (Å²) in [5.41, 5.74) is 17.4. The fourth-order valence-electron chi connectivity index (χ4n) is 10.7. The van der Waals surface area contributed by atoms with Crippen LogP contribution in [0.3, 0.4) is 0 Å². The maximum absolute atomic E-state index is 4.96. The lowest BCUT2D eigenvalue weighted by molar-refractivity contribution is -0.717. The van der Waals surface area contributed by atoms with Gasteiger partial charge in [-0.1, -0.05) is 195 Å². The third-order valence-electron chi connectivity index (χ3n) is 14.4. The van der Waals surface area contributed by atoms with E-state index in [0.717, 1.165) is 54.4 Å². The van der Waals surface area contributed by atoms with Crippen molar-refractivity contribution in [2.24, 2.45) is 5.92 Å². The summed E-state index contributed by atoms with van der Waals surface area (Å²) in [5.74, 6) is 1.08. The lowest BCUT2D eigenvalue weighted by Crippen LogP contribution is -2.54. The number of nitrogens with zero attached hydrogens (tertiary/aromatic N) is 2. The minimum Gasteiger partial charge on any atom is -0.353 e. The third-order valence-corrected chi connectivity index (χ3v) is 16.5. The Morgan fingerprint density at radius 1 is 0.788 bits per heavy atom. The molecule has 8 rings (SSSR count). The molecule has 1 saturated carbocycles. The molecule has 0 amide bonds. The predicted octanol–water partition coefficient (Wildman–Crippen LogP) is 16.3. The van der Waals surface area contributed by atoms with Gasteiger partial charge in [-0.25, -0.2) is 0 Å². The molecule has 1 N–H and O–H groups in total. The van der Waals surface area contributed by atoms with E-state index in [9.17, 15) is 0 Å². The van der Waals surface area contributed by atoms with Gasteiger partial charge in [0.2, 0.25) is 5.69 Å². The molecular weight excluding hydrogens is 815 g/mol. The second kappa shape index (κ2) is 20.0. The number of hydrogen-bond donors (Lipinski definition) is 1. The van der Waals surface area contributed by atoms with Crippen LogP contribution in [0.1, 0.15) is 108 Å². The van der Waals surface area contributed by atoms with Crippen molar-refractivity contribution >= 4 is 30.3 Å².